The zero-order chi connectivity index (χ0) is 15.2. The van der Waals surface area contributed by atoms with Gasteiger partial charge in [0.2, 0.25) is 0 Å². The van der Waals surface area contributed by atoms with Crippen molar-refractivity contribution < 1.29 is 0 Å². The maximum Gasteiger partial charge on any atom is 0.0467 e. The molecule has 21 heavy (non-hydrogen) atoms. The average molecular weight is 283 g/mol. The number of aromatic nitrogens is 1. The van der Waals surface area contributed by atoms with E-state index in [0.717, 1.165) is 13.0 Å². The van der Waals surface area contributed by atoms with Crippen molar-refractivity contribution in [1.82, 2.24) is 9.88 Å². The molecule has 112 valence electrons. The van der Waals surface area contributed by atoms with E-state index in [1.807, 2.05) is 12.4 Å². The molecule has 3 heteroatoms. The number of aryl methyl sites for hydroxylation is 2. The molecule has 1 heterocycles. The summed E-state index contributed by atoms with van der Waals surface area (Å²) in [7, 11) is 2.15. The molecule has 0 radical (unpaired) electrons. The third kappa shape index (κ3) is 4.38. The fraction of sp³-hybridized carbons (Fsp3) is 0.389. The molecule has 0 bridgehead atoms. The van der Waals surface area contributed by atoms with Gasteiger partial charge in [-0.25, -0.2) is 0 Å². The number of hydrogen-bond acceptors (Lipinski definition) is 3. The third-order valence-corrected chi connectivity index (χ3v) is 3.89. The van der Waals surface area contributed by atoms with Crippen LogP contribution in [0.2, 0.25) is 0 Å². The highest BCUT2D eigenvalue weighted by Gasteiger charge is 2.15. The van der Waals surface area contributed by atoms with E-state index in [1.165, 1.54) is 22.3 Å². The molecule has 0 aliphatic carbocycles. The van der Waals surface area contributed by atoms with E-state index in [9.17, 15) is 0 Å². The standard InChI is InChI=1S/C18H25N3/c1-14-10-15(2)12-17(11-14)18(13-19)21(3)9-6-16-4-7-20-8-5-16/h4-5,7-8,10-12,18H,6,9,13,19H2,1-3H3. The molecule has 0 amide bonds. The molecule has 0 spiro atoms. The summed E-state index contributed by atoms with van der Waals surface area (Å²) < 4.78 is 0. The average Bonchev–Trinajstić information content (AvgIpc) is 2.46. The third-order valence-electron chi connectivity index (χ3n) is 3.89. The Bertz CT molecular complexity index is 546. The lowest BCUT2D eigenvalue weighted by molar-refractivity contribution is 0.253. The van der Waals surface area contributed by atoms with Crippen molar-refractivity contribution in [1.29, 1.82) is 0 Å². The number of likely N-dealkylation sites (N-methyl/N-ethyl adjacent to an activating group) is 1. The Morgan fingerprint density at radius 2 is 1.71 bits per heavy atom. The van der Waals surface area contributed by atoms with E-state index in [-0.39, 0.29) is 6.04 Å². The first kappa shape index (κ1) is 15.7. The van der Waals surface area contributed by atoms with Crippen LogP contribution < -0.4 is 5.73 Å². The van der Waals surface area contributed by atoms with Crippen molar-refractivity contribution in [2.24, 2.45) is 5.73 Å². The zero-order valence-electron chi connectivity index (χ0n) is 13.2. The molecule has 2 rings (SSSR count). The molecule has 0 aliphatic rings. The summed E-state index contributed by atoms with van der Waals surface area (Å²) in [5.74, 6) is 0. The number of nitrogens with two attached hydrogens (primary N) is 1. The van der Waals surface area contributed by atoms with Crippen LogP contribution in [-0.4, -0.2) is 30.0 Å². The smallest absolute Gasteiger partial charge is 0.0467 e. The van der Waals surface area contributed by atoms with Gasteiger partial charge >= 0.3 is 0 Å². The molecular weight excluding hydrogens is 258 g/mol. The molecule has 0 fully saturated rings. The highest BCUT2D eigenvalue weighted by atomic mass is 15.1. The number of pyridine rings is 1. The second-order valence-corrected chi connectivity index (χ2v) is 5.76. The lowest BCUT2D eigenvalue weighted by Gasteiger charge is -2.28. The Labute approximate surface area is 127 Å². The summed E-state index contributed by atoms with van der Waals surface area (Å²) in [5, 5.41) is 0. The van der Waals surface area contributed by atoms with E-state index < -0.39 is 0 Å². The van der Waals surface area contributed by atoms with Gasteiger partial charge in [0.1, 0.15) is 0 Å². The van der Waals surface area contributed by atoms with Crippen LogP contribution in [0.15, 0.2) is 42.7 Å². The summed E-state index contributed by atoms with van der Waals surface area (Å²) in [5.41, 5.74) is 11.2. The van der Waals surface area contributed by atoms with Crippen molar-refractivity contribution in [3.63, 3.8) is 0 Å². The molecule has 0 saturated carbocycles. The van der Waals surface area contributed by atoms with Crippen LogP contribution in [0, 0.1) is 13.8 Å². The van der Waals surface area contributed by atoms with Gasteiger partial charge in [-0.3, -0.25) is 9.88 Å². The van der Waals surface area contributed by atoms with Gasteiger partial charge in [0.25, 0.3) is 0 Å². The predicted molar refractivity (Wildman–Crippen MR) is 88.3 cm³/mol. The second-order valence-electron chi connectivity index (χ2n) is 5.76. The molecular formula is C18H25N3. The van der Waals surface area contributed by atoms with Crippen LogP contribution in [-0.2, 0) is 6.42 Å². The van der Waals surface area contributed by atoms with Gasteiger partial charge in [0.05, 0.1) is 0 Å². The van der Waals surface area contributed by atoms with Gasteiger partial charge in [-0.1, -0.05) is 29.3 Å². The second kappa shape index (κ2) is 7.34. The maximum atomic E-state index is 6.02. The van der Waals surface area contributed by atoms with Gasteiger partial charge < -0.3 is 5.73 Å². The summed E-state index contributed by atoms with van der Waals surface area (Å²) in [4.78, 5) is 6.40. The van der Waals surface area contributed by atoms with Crippen molar-refractivity contribution >= 4 is 0 Å². The van der Waals surface area contributed by atoms with Gasteiger partial charge in [-0.05, 0) is 50.6 Å². The lowest BCUT2D eigenvalue weighted by Crippen LogP contribution is -2.32. The summed E-state index contributed by atoms with van der Waals surface area (Å²) in [6, 6.07) is 11.1. The van der Waals surface area contributed by atoms with E-state index in [0.29, 0.717) is 6.54 Å². The fourth-order valence-electron chi connectivity index (χ4n) is 2.78. The first-order valence-corrected chi connectivity index (χ1v) is 7.47. The number of hydrogen-bond donors (Lipinski definition) is 1. The lowest BCUT2D eigenvalue weighted by atomic mass is 10.00. The number of rotatable bonds is 6. The molecule has 1 aromatic carbocycles. The predicted octanol–water partition coefficient (Wildman–Crippen LogP) is 2.87. The van der Waals surface area contributed by atoms with Gasteiger partial charge in [-0.15, -0.1) is 0 Å². The molecule has 0 aliphatic heterocycles. The summed E-state index contributed by atoms with van der Waals surface area (Å²) in [6.07, 6.45) is 4.71. The number of benzene rings is 1. The highest BCUT2D eigenvalue weighted by Crippen LogP contribution is 2.21. The SMILES string of the molecule is Cc1cc(C)cc(C(CN)N(C)CCc2ccncc2)c1. The van der Waals surface area contributed by atoms with E-state index >= 15 is 0 Å². The van der Waals surface area contributed by atoms with E-state index in [2.05, 4.69) is 61.1 Å². The van der Waals surface area contributed by atoms with Gasteiger partial charge in [0, 0.05) is 31.5 Å². The Morgan fingerprint density at radius 1 is 1.10 bits per heavy atom. The summed E-state index contributed by atoms with van der Waals surface area (Å²) in [6.45, 7) is 5.90. The van der Waals surface area contributed by atoms with Crippen LogP contribution in [0.1, 0.15) is 28.3 Å². The van der Waals surface area contributed by atoms with Crippen molar-refractivity contribution in [2.75, 3.05) is 20.1 Å². The molecule has 1 atom stereocenters. The fourth-order valence-corrected chi connectivity index (χ4v) is 2.78. The number of nitrogens with zero attached hydrogens (tertiary/aromatic N) is 2. The topological polar surface area (TPSA) is 42.1 Å². The first-order chi connectivity index (χ1) is 10.1. The van der Waals surface area contributed by atoms with E-state index in [4.69, 9.17) is 5.73 Å². The Balaban J connectivity index is 2.06. The Morgan fingerprint density at radius 3 is 2.29 bits per heavy atom. The highest BCUT2D eigenvalue weighted by molar-refractivity contribution is 5.31. The molecule has 0 saturated heterocycles. The molecule has 3 nitrogen and oxygen atoms in total. The largest absolute Gasteiger partial charge is 0.329 e. The van der Waals surface area contributed by atoms with Crippen molar-refractivity contribution in [3.05, 3.63) is 65.0 Å². The van der Waals surface area contributed by atoms with E-state index in [1.54, 1.807) is 0 Å². The van der Waals surface area contributed by atoms with Crippen LogP contribution in [0.4, 0.5) is 0 Å². The van der Waals surface area contributed by atoms with Crippen molar-refractivity contribution in [2.45, 2.75) is 26.3 Å². The molecule has 2 N–H and O–H groups in total. The van der Waals surface area contributed by atoms with Crippen LogP contribution in [0.3, 0.4) is 0 Å². The molecule has 1 unspecified atom stereocenters. The van der Waals surface area contributed by atoms with Crippen LogP contribution >= 0.6 is 0 Å². The van der Waals surface area contributed by atoms with Crippen LogP contribution in [0.5, 0.6) is 0 Å². The maximum absolute atomic E-state index is 6.02. The minimum Gasteiger partial charge on any atom is -0.329 e. The van der Waals surface area contributed by atoms with Gasteiger partial charge in [-0.2, -0.15) is 0 Å². The minimum atomic E-state index is 0.269. The molecule has 1 aromatic heterocycles. The normalized spacial score (nSPS) is 12.6. The Kier molecular flexibility index (Phi) is 5.48. The Hall–Kier alpha value is -1.71. The monoisotopic (exact) mass is 283 g/mol. The minimum absolute atomic E-state index is 0.269. The zero-order valence-corrected chi connectivity index (χ0v) is 13.2. The molecule has 2 aromatic rings. The quantitative estimate of drug-likeness (QED) is 0.886. The van der Waals surface area contributed by atoms with Crippen molar-refractivity contribution in [3.8, 4) is 0 Å². The van der Waals surface area contributed by atoms with Gasteiger partial charge in [0.15, 0.2) is 0 Å². The van der Waals surface area contributed by atoms with Crippen LogP contribution in [0.25, 0.3) is 0 Å². The first-order valence-electron chi connectivity index (χ1n) is 7.47. The summed E-state index contributed by atoms with van der Waals surface area (Å²) >= 11 is 0.